The van der Waals surface area contributed by atoms with Gasteiger partial charge in [-0.25, -0.2) is 4.79 Å². The van der Waals surface area contributed by atoms with E-state index in [0.717, 1.165) is 60.1 Å². The molecule has 9 N–H and O–H groups in total. The van der Waals surface area contributed by atoms with E-state index in [1.807, 2.05) is 30.3 Å². The van der Waals surface area contributed by atoms with Crippen LogP contribution in [-0.2, 0) is 44.3 Å². The minimum atomic E-state index is -2.15. The maximum atomic E-state index is 10.5. The van der Waals surface area contributed by atoms with E-state index in [4.69, 9.17) is 53.5 Å². The van der Waals surface area contributed by atoms with Gasteiger partial charge in [-0.1, -0.05) is 24.3 Å². The summed E-state index contributed by atoms with van der Waals surface area (Å²) in [6.45, 7) is 0.0954. The van der Waals surface area contributed by atoms with Gasteiger partial charge in [0.1, 0.15) is 5.75 Å². The van der Waals surface area contributed by atoms with Gasteiger partial charge in [-0.3, -0.25) is 4.79 Å². The van der Waals surface area contributed by atoms with Gasteiger partial charge < -0.3 is 60.5 Å². The first-order valence-corrected chi connectivity index (χ1v) is 18.9. The molecule has 0 atom stereocenters. The Morgan fingerprint density at radius 2 is 1.04 bits per heavy atom. The molecule has 0 saturated carbocycles. The number of phenolic OH excluding ortho intramolecular Hbond substituents is 1. The number of hydrogen-bond donors (Lipinski definition) is 6. The van der Waals surface area contributed by atoms with Crippen molar-refractivity contribution in [1.82, 2.24) is 0 Å². The van der Waals surface area contributed by atoms with Gasteiger partial charge in [-0.2, -0.15) is 0 Å². The van der Waals surface area contributed by atoms with E-state index in [9.17, 15) is 14.7 Å². The summed E-state index contributed by atoms with van der Waals surface area (Å²) in [6.07, 6.45) is 5.04. The van der Waals surface area contributed by atoms with E-state index >= 15 is 0 Å². The van der Waals surface area contributed by atoms with Crippen LogP contribution in [-0.4, -0.2) is 146 Å². The molecule has 3 aromatic carbocycles. The van der Waals surface area contributed by atoms with Crippen molar-refractivity contribution >= 4 is 56.5 Å². The van der Waals surface area contributed by atoms with Crippen molar-refractivity contribution in [3.05, 3.63) is 76.9 Å². The normalized spacial score (nSPS) is 8.84. The maximum absolute atomic E-state index is 10.5. The molecule has 0 saturated heterocycles. The molecule has 3 rings (SSSR count). The molecule has 2 radical (unpaired) electrons. The molecule has 0 amide bonds. The third kappa shape index (κ3) is 30.3. The molecular formula is C35H51NaO17Sb2. The number of aryl methyl sites for hydroxylation is 4. The van der Waals surface area contributed by atoms with Crippen molar-refractivity contribution in [2.75, 3.05) is 47.8 Å². The predicted molar refractivity (Wildman–Crippen MR) is 195 cm³/mol. The summed E-state index contributed by atoms with van der Waals surface area (Å²) in [7, 11) is 4.60. The van der Waals surface area contributed by atoms with Crippen molar-refractivity contribution in [1.29, 1.82) is 0 Å². The zero-order valence-electron chi connectivity index (χ0n) is 31.4. The second-order valence-electron chi connectivity index (χ2n) is 10.3. The third-order valence-electron chi connectivity index (χ3n) is 6.65. The first-order valence-electron chi connectivity index (χ1n) is 15.7. The van der Waals surface area contributed by atoms with Crippen LogP contribution in [0.4, 0.5) is 0 Å². The molecule has 0 fully saturated rings. The summed E-state index contributed by atoms with van der Waals surface area (Å²) in [5.41, 5.74) is 4.07. The van der Waals surface area contributed by atoms with E-state index in [2.05, 4.69) is 0 Å². The number of aliphatic carboxylic acids is 2. The standard InChI is InChI=1S/C13H18O4.C12H16O5.C10H14O3.Na.2H2O.3O.2Sb/c1-17-12-9-10(3-2-8-14)4-5-11(12)6-7-13(15)16;1-16-11-7-9(3-2-6-13)4-5-10(11)17-8-12(14)15;1-13-10-7-8(3-2-6-11)4-5-9(10)12;;;;;;;;/h4-5,9,14H,2-3,6-8H2,1H3,(H,15,16);4-5,7,13H,2-3,6,8H2,1H3,(H,14,15);4-5,7,11-12H,2-3,6H2,1H3;;2*1H2;;;;;/q;;;+1;;;;;;;/p-1. The fourth-order valence-corrected chi connectivity index (χ4v) is 4.25. The van der Waals surface area contributed by atoms with Crippen LogP contribution in [0.1, 0.15) is 47.9 Å². The van der Waals surface area contributed by atoms with Gasteiger partial charge in [0.2, 0.25) is 0 Å². The van der Waals surface area contributed by atoms with E-state index < -0.39 is 40.1 Å². The Hall–Kier alpha value is -2.56. The number of rotatable bonds is 18. The molecule has 0 bridgehead atoms. The monoisotopic (exact) mass is 1010 g/mol. The van der Waals surface area contributed by atoms with Crippen LogP contribution >= 0.6 is 0 Å². The molecule has 17 nitrogen and oxygen atoms in total. The molecule has 0 spiro atoms. The van der Waals surface area contributed by atoms with Crippen LogP contribution in [0.5, 0.6) is 28.7 Å². The molecule has 20 heteroatoms. The van der Waals surface area contributed by atoms with E-state index in [1.54, 1.807) is 31.4 Å². The number of ether oxygens (including phenoxy) is 4. The van der Waals surface area contributed by atoms with Crippen LogP contribution in [0.25, 0.3) is 0 Å². The number of carbonyl (C=O) groups is 2. The van der Waals surface area contributed by atoms with Gasteiger partial charge in [0, 0.05) is 26.2 Å². The molecule has 0 aromatic heterocycles. The molecular weight excluding hydrogens is 959 g/mol. The Kier molecular flexibility index (Phi) is 46.0. The van der Waals surface area contributed by atoms with Crippen LogP contribution in [0.3, 0.4) is 0 Å². The number of aliphatic hydroxyl groups is 3. The summed E-state index contributed by atoms with van der Waals surface area (Å²) in [5.74, 6) is 0.421. The summed E-state index contributed by atoms with van der Waals surface area (Å²) in [4.78, 5) is 20.9. The number of phenols is 1. The third-order valence-corrected chi connectivity index (χ3v) is 6.65. The molecule has 0 aliphatic rings. The summed E-state index contributed by atoms with van der Waals surface area (Å²) >= 11 is -1.65. The molecule has 0 aliphatic heterocycles. The van der Waals surface area contributed by atoms with Gasteiger partial charge in [0.15, 0.2) is 29.6 Å². The summed E-state index contributed by atoms with van der Waals surface area (Å²) in [5, 5.41) is 52.6. The van der Waals surface area contributed by atoms with Gasteiger partial charge in [-0.05, 0) is 97.5 Å². The molecule has 0 aliphatic carbocycles. The fraction of sp³-hybridized carbons (Fsp3) is 0.429. The van der Waals surface area contributed by atoms with Crippen molar-refractivity contribution < 1.29 is 109 Å². The topological polar surface area (TPSA) is 305 Å². The molecule has 0 unspecified atom stereocenters. The first-order chi connectivity index (χ1) is 25.0. The average molecular weight is 1010 g/mol. The van der Waals surface area contributed by atoms with Crippen molar-refractivity contribution in [2.45, 2.75) is 51.4 Å². The van der Waals surface area contributed by atoms with Crippen LogP contribution in [0.15, 0.2) is 54.6 Å². The van der Waals surface area contributed by atoms with Gasteiger partial charge in [-0.15, -0.1) is 0 Å². The predicted octanol–water partition coefficient (Wildman–Crippen LogP) is -1.07. The Morgan fingerprint density at radius 3 is 1.44 bits per heavy atom. The second kappa shape index (κ2) is 41.1. The molecule has 55 heavy (non-hydrogen) atoms. The second-order valence-corrected chi connectivity index (χ2v) is 10.7. The van der Waals surface area contributed by atoms with Gasteiger partial charge in [0.25, 0.3) is 0 Å². The van der Waals surface area contributed by atoms with Crippen LogP contribution in [0, 0.1) is 0 Å². The Bertz CT molecular complexity index is 1400. The summed E-state index contributed by atoms with van der Waals surface area (Å²) < 4.78 is 45.7. The van der Waals surface area contributed by atoms with Crippen molar-refractivity contribution in [3.8, 4) is 28.7 Å². The van der Waals surface area contributed by atoms with Crippen molar-refractivity contribution in [2.24, 2.45) is 0 Å². The van der Waals surface area contributed by atoms with E-state index in [0.29, 0.717) is 53.1 Å². The number of carboxylic acids is 2. The molecule has 0 heterocycles. The van der Waals surface area contributed by atoms with E-state index in [-0.39, 0.29) is 72.5 Å². The first kappa shape index (κ1) is 61.7. The number of aromatic hydroxyl groups is 1. The molecule has 304 valence electrons. The van der Waals surface area contributed by atoms with E-state index in [1.165, 1.54) is 14.2 Å². The minimum absolute atomic E-state index is 0. The number of aliphatic hydroxyl groups excluding tert-OH is 3. The van der Waals surface area contributed by atoms with Crippen LogP contribution < -0.4 is 48.5 Å². The summed E-state index contributed by atoms with van der Waals surface area (Å²) in [6, 6.07) is 16.3. The molecule has 3 aromatic rings. The number of benzene rings is 3. The quantitative estimate of drug-likeness (QED) is 0.0827. The SMILES string of the molecule is COc1cc(CCCO)ccc1CCC(=O)O.COc1cc(CCCO)ccc1O.COc1cc(CCCO)ccc1OCC(=O)O.O.[Na+].[OH-].[O]=[Sb].[O]=[Sb]=[O]. The Labute approximate surface area is 367 Å². The fourth-order valence-electron chi connectivity index (χ4n) is 4.25. The number of methoxy groups -OCH3 is 3. The zero-order chi connectivity index (χ0) is 39.7. The van der Waals surface area contributed by atoms with Crippen LogP contribution in [0.2, 0.25) is 0 Å². The Balaban J connectivity index is -0.000000210. The number of hydrogen-bond acceptors (Lipinski definition) is 14. The van der Waals surface area contributed by atoms with Gasteiger partial charge >= 0.3 is 95.2 Å². The zero-order valence-corrected chi connectivity index (χ0v) is 38.5. The number of carboxylic acid groups (broad SMARTS) is 2. The average Bonchev–Trinajstić information content (AvgIpc) is 3.16. The van der Waals surface area contributed by atoms with Crippen molar-refractivity contribution in [3.63, 3.8) is 0 Å². The Morgan fingerprint density at radius 1 is 0.636 bits per heavy atom. The van der Waals surface area contributed by atoms with Gasteiger partial charge in [0.05, 0.1) is 21.3 Å².